The van der Waals surface area contributed by atoms with E-state index in [1.54, 1.807) is 18.3 Å². The van der Waals surface area contributed by atoms with Crippen molar-refractivity contribution >= 4 is 12.0 Å². The Bertz CT molecular complexity index is 919. The molecule has 1 heterocycles. The van der Waals surface area contributed by atoms with Gasteiger partial charge in [0.25, 0.3) is 0 Å². The highest BCUT2D eigenvalue weighted by atomic mass is 16.5. The molecule has 0 aliphatic heterocycles. The number of ether oxygens (including phenoxy) is 1. The third kappa shape index (κ3) is 5.54. The second kappa shape index (κ2) is 8.81. The van der Waals surface area contributed by atoms with E-state index in [-0.39, 0.29) is 11.9 Å². The van der Waals surface area contributed by atoms with Crippen LogP contribution in [0.3, 0.4) is 0 Å². The molecule has 3 rings (SSSR count). The quantitative estimate of drug-likeness (QED) is 0.626. The monoisotopic (exact) mass is 358 g/mol. The Morgan fingerprint density at radius 1 is 1.04 bits per heavy atom. The maximum absolute atomic E-state index is 12.2. The molecule has 2 aromatic carbocycles. The fourth-order valence-corrected chi connectivity index (χ4v) is 2.58. The Morgan fingerprint density at radius 3 is 2.59 bits per heavy atom. The summed E-state index contributed by atoms with van der Waals surface area (Å²) in [5.41, 5.74) is 2.90. The summed E-state index contributed by atoms with van der Waals surface area (Å²) < 4.78 is 5.85. The lowest BCUT2D eigenvalue weighted by Crippen LogP contribution is -2.24. The molecule has 0 saturated carbocycles. The number of nitrogens with zero attached hydrogens (tertiary/aromatic N) is 1. The minimum absolute atomic E-state index is 0.139. The van der Waals surface area contributed by atoms with Crippen LogP contribution < -0.4 is 10.1 Å². The zero-order valence-electron chi connectivity index (χ0n) is 15.4. The fraction of sp³-hybridized carbons (Fsp3) is 0.130. The average molecular weight is 358 g/mol. The van der Waals surface area contributed by atoms with Gasteiger partial charge in [0.1, 0.15) is 11.5 Å². The maximum atomic E-state index is 12.2. The molecule has 0 radical (unpaired) electrons. The van der Waals surface area contributed by atoms with Crippen LogP contribution in [0.4, 0.5) is 0 Å². The van der Waals surface area contributed by atoms with E-state index in [4.69, 9.17) is 4.74 Å². The van der Waals surface area contributed by atoms with Crippen LogP contribution in [0.15, 0.2) is 79.0 Å². The molecule has 0 aliphatic rings. The third-order valence-electron chi connectivity index (χ3n) is 4.06. The van der Waals surface area contributed by atoms with E-state index >= 15 is 0 Å². The second-order valence-corrected chi connectivity index (χ2v) is 6.28. The Labute approximate surface area is 159 Å². The molecular weight excluding hydrogens is 336 g/mol. The number of hydrogen-bond donors (Lipinski definition) is 1. The van der Waals surface area contributed by atoms with Gasteiger partial charge < -0.3 is 10.1 Å². The largest absolute Gasteiger partial charge is 0.456 e. The van der Waals surface area contributed by atoms with Gasteiger partial charge in [-0.2, -0.15) is 0 Å². The number of amides is 1. The first kappa shape index (κ1) is 18.4. The van der Waals surface area contributed by atoms with Crippen LogP contribution in [-0.4, -0.2) is 10.9 Å². The summed E-state index contributed by atoms with van der Waals surface area (Å²) in [7, 11) is 0. The van der Waals surface area contributed by atoms with Gasteiger partial charge in [-0.25, -0.2) is 0 Å². The fourth-order valence-electron chi connectivity index (χ4n) is 2.58. The molecule has 0 saturated heterocycles. The molecule has 1 N–H and O–H groups in total. The Morgan fingerprint density at radius 2 is 1.85 bits per heavy atom. The van der Waals surface area contributed by atoms with Crippen molar-refractivity contribution in [1.29, 1.82) is 0 Å². The van der Waals surface area contributed by atoms with Crippen LogP contribution in [0.25, 0.3) is 6.08 Å². The highest BCUT2D eigenvalue weighted by Crippen LogP contribution is 2.24. The zero-order chi connectivity index (χ0) is 19.1. The normalized spacial score (nSPS) is 11.9. The van der Waals surface area contributed by atoms with Gasteiger partial charge in [-0.05, 0) is 55.3 Å². The number of pyridine rings is 1. The number of aromatic nitrogens is 1. The first-order chi connectivity index (χ1) is 13.1. The van der Waals surface area contributed by atoms with Gasteiger partial charge in [-0.15, -0.1) is 0 Å². The van der Waals surface area contributed by atoms with Crippen molar-refractivity contribution in [2.45, 2.75) is 19.9 Å². The Kier molecular flexibility index (Phi) is 6.00. The van der Waals surface area contributed by atoms with Crippen LogP contribution in [0.1, 0.15) is 29.8 Å². The van der Waals surface area contributed by atoms with Gasteiger partial charge in [0.15, 0.2) is 0 Å². The van der Waals surface area contributed by atoms with Crippen LogP contribution in [0, 0.1) is 6.92 Å². The SMILES string of the molecule is Cc1ccc(Oc2cccc(C(C)NC(=O)C=Cc3ccccc3)c2)cn1. The van der Waals surface area contributed by atoms with Gasteiger partial charge >= 0.3 is 0 Å². The number of benzene rings is 2. The molecule has 0 bridgehead atoms. The third-order valence-corrected chi connectivity index (χ3v) is 4.06. The van der Waals surface area contributed by atoms with Gasteiger partial charge in [-0.3, -0.25) is 9.78 Å². The van der Waals surface area contributed by atoms with Crippen molar-refractivity contribution in [3.8, 4) is 11.5 Å². The van der Waals surface area contributed by atoms with Crippen molar-refractivity contribution in [2.75, 3.05) is 0 Å². The molecule has 0 spiro atoms. The number of rotatable bonds is 6. The number of nitrogens with one attached hydrogen (secondary N) is 1. The molecule has 136 valence electrons. The Balaban J connectivity index is 1.62. The topological polar surface area (TPSA) is 51.2 Å². The van der Waals surface area contributed by atoms with E-state index in [2.05, 4.69) is 10.3 Å². The molecular formula is C23H22N2O2. The molecule has 27 heavy (non-hydrogen) atoms. The molecule has 1 unspecified atom stereocenters. The molecule has 4 heteroatoms. The minimum atomic E-state index is -0.141. The number of aryl methyl sites for hydroxylation is 1. The summed E-state index contributed by atoms with van der Waals surface area (Å²) in [5, 5.41) is 2.97. The second-order valence-electron chi connectivity index (χ2n) is 6.28. The summed E-state index contributed by atoms with van der Waals surface area (Å²) in [6.07, 6.45) is 5.04. The standard InChI is InChI=1S/C23H22N2O2/c1-17-11-13-22(16-24-17)27-21-10-6-9-20(15-21)18(2)25-23(26)14-12-19-7-4-3-5-8-19/h3-16,18H,1-2H3,(H,25,26). The summed E-state index contributed by atoms with van der Waals surface area (Å²) in [6, 6.07) is 21.1. The Hall–Kier alpha value is -3.40. The first-order valence-electron chi connectivity index (χ1n) is 8.84. The maximum Gasteiger partial charge on any atom is 0.244 e. The predicted molar refractivity (Wildman–Crippen MR) is 108 cm³/mol. The van der Waals surface area contributed by atoms with E-state index in [0.717, 1.165) is 16.8 Å². The first-order valence-corrected chi connectivity index (χ1v) is 8.84. The summed E-state index contributed by atoms with van der Waals surface area (Å²) >= 11 is 0. The lowest BCUT2D eigenvalue weighted by atomic mass is 10.1. The van der Waals surface area contributed by atoms with Crippen LogP contribution in [0.5, 0.6) is 11.5 Å². The minimum Gasteiger partial charge on any atom is -0.456 e. The molecule has 3 aromatic rings. The number of hydrogen-bond acceptors (Lipinski definition) is 3. The van der Waals surface area contributed by atoms with E-state index < -0.39 is 0 Å². The lowest BCUT2D eigenvalue weighted by molar-refractivity contribution is -0.117. The van der Waals surface area contributed by atoms with Gasteiger partial charge in [0.2, 0.25) is 5.91 Å². The van der Waals surface area contributed by atoms with Crippen molar-refractivity contribution < 1.29 is 9.53 Å². The number of carbonyl (C=O) groups is 1. The van der Waals surface area contributed by atoms with Crippen molar-refractivity contribution in [1.82, 2.24) is 10.3 Å². The molecule has 1 aromatic heterocycles. The van der Waals surface area contributed by atoms with E-state index in [1.165, 1.54) is 0 Å². The molecule has 4 nitrogen and oxygen atoms in total. The van der Waals surface area contributed by atoms with Crippen LogP contribution in [-0.2, 0) is 4.79 Å². The summed E-state index contributed by atoms with van der Waals surface area (Å²) in [5.74, 6) is 1.25. The van der Waals surface area contributed by atoms with E-state index in [0.29, 0.717) is 11.5 Å². The highest BCUT2D eigenvalue weighted by molar-refractivity contribution is 5.91. The average Bonchev–Trinajstić information content (AvgIpc) is 2.69. The van der Waals surface area contributed by atoms with Gasteiger partial charge in [-0.1, -0.05) is 42.5 Å². The lowest BCUT2D eigenvalue weighted by Gasteiger charge is -2.14. The van der Waals surface area contributed by atoms with Gasteiger partial charge in [0.05, 0.1) is 12.2 Å². The smallest absolute Gasteiger partial charge is 0.244 e. The molecule has 1 amide bonds. The zero-order valence-corrected chi connectivity index (χ0v) is 15.4. The molecule has 1 atom stereocenters. The predicted octanol–water partition coefficient (Wildman–Crippen LogP) is 5.07. The highest BCUT2D eigenvalue weighted by Gasteiger charge is 2.09. The van der Waals surface area contributed by atoms with Crippen LogP contribution in [0.2, 0.25) is 0 Å². The molecule has 0 fully saturated rings. The van der Waals surface area contributed by atoms with E-state index in [9.17, 15) is 4.79 Å². The van der Waals surface area contributed by atoms with Crippen molar-refractivity contribution in [3.63, 3.8) is 0 Å². The van der Waals surface area contributed by atoms with Crippen LogP contribution >= 0.6 is 0 Å². The summed E-state index contributed by atoms with van der Waals surface area (Å²) in [6.45, 7) is 3.88. The van der Waals surface area contributed by atoms with E-state index in [1.807, 2.05) is 80.6 Å². The van der Waals surface area contributed by atoms with Crippen molar-refractivity contribution in [3.05, 3.63) is 95.8 Å². The molecule has 0 aliphatic carbocycles. The van der Waals surface area contributed by atoms with Gasteiger partial charge in [0, 0.05) is 11.8 Å². The summed E-state index contributed by atoms with van der Waals surface area (Å²) in [4.78, 5) is 16.4. The number of carbonyl (C=O) groups excluding carboxylic acids is 1. The van der Waals surface area contributed by atoms with Crippen molar-refractivity contribution in [2.24, 2.45) is 0 Å².